The Balaban J connectivity index is 1.64. The van der Waals surface area contributed by atoms with E-state index >= 15 is 0 Å². The highest BCUT2D eigenvalue weighted by Crippen LogP contribution is 2.26. The minimum atomic E-state index is -1.71. The molecule has 2 saturated heterocycles. The highest BCUT2D eigenvalue weighted by atomic mass is 16.7. The Morgan fingerprint density at radius 1 is 0.531 bits per heavy atom. The maximum atomic E-state index is 12.7. The fourth-order valence-electron chi connectivity index (χ4n) is 7.05. The molecule has 0 aliphatic carbocycles. The first-order chi connectivity index (χ1) is 31.1. The second kappa shape index (κ2) is 37.5. The topological polar surface area (TPSA) is 214 Å². The third kappa shape index (κ3) is 25.4. The fraction of sp³-hybridized carbons (Fsp3) is 0.740. The van der Waals surface area contributed by atoms with E-state index in [1.165, 1.54) is 19.3 Å². The van der Waals surface area contributed by atoms with E-state index in [1.807, 2.05) is 0 Å². The van der Waals surface area contributed by atoms with Crippen molar-refractivity contribution in [1.82, 2.24) is 0 Å². The minimum absolute atomic E-state index is 0.0486. The number of esters is 1. The van der Waals surface area contributed by atoms with Crippen LogP contribution in [-0.4, -0.2) is 142 Å². The summed E-state index contributed by atoms with van der Waals surface area (Å²) >= 11 is 0. The number of carbonyl (C=O) groups is 1. The summed E-state index contributed by atoms with van der Waals surface area (Å²) in [6.07, 6.45) is 29.1. The third-order valence-corrected chi connectivity index (χ3v) is 11.0. The Bertz CT molecular complexity index is 1330. The lowest BCUT2D eigenvalue weighted by molar-refractivity contribution is -0.332. The van der Waals surface area contributed by atoms with Gasteiger partial charge in [-0.05, 0) is 64.2 Å². The molecule has 368 valence electrons. The summed E-state index contributed by atoms with van der Waals surface area (Å²) in [5.74, 6) is -0.402. The number of rotatable bonds is 36. The van der Waals surface area contributed by atoms with Gasteiger partial charge in [0.1, 0.15) is 54.9 Å². The van der Waals surface area contributed by atoms with Gasteiger partial charge in [0.2, 0.25) is 0 Å². The van der Waals surface area contributed by atoms with Crippen LogP contribution in [0.4, 0.5) is 0 Å². The number of aliphatic hydroxyl groups excluding tert-OH is 7. The monoisotopic (exact) mass is 909 g/mol. The third-order valence-electron chi connectivity index (χ3n) is 11.0. The van der Waals surface area contributed by atoms with Gasteiger partial charge in [0.25, 0.3) is 0 Å². The lowest BCUT2D eigenvalue weighted by Gasteiger charge is -2.42. The van der Waals surface area contributed by atoms with E-state index in [0.29, 0.717) is 13.0 Å². The molecule has 64 heavy (non-hydrogen) atoms. The zero-order valence-electron chi connectivity index (χ0n) is 38.7. The number of carbonyl (C=O) groups excluding carboxylic acids is 1. The van der Waals surface area contributed by atoms with Crippen molar-refractivity contribution in [3.05, 3.63) is 72.9 Å². The molecule has 11 unspecified atom stereocenters. The molecule has 2 fully saturated rings. The molecule has 0 spiro atoms. The van der Waals surface area contributed by atoms with E-state index in [4.69, 9.17) is 28.4 Å². The first-order valence-corrected chi connectivity index (χ1v) is 24.0. The molecule has 2 aliphatic rings. The molecular weight excluding hydrogens is 825 g/mol. The molecule has 11 atom stereocenters. The Hall–Kier alpha value is -2.57. The van der Waals surface area contributed by atoms with Crippen molar-refractivity contribution in [3.8, 4) is 0 Å². The molecule has 0 aromatic carbocycles. The predicted molar refractivity (Wildman–Crippen MR) is 247 cm³/mol. The van der Waals surface area contributed by atoms with Gasteiger partial charge >= 0.3 is 5.97 Å². The second-order valence-corrected chi connectivity index (χ2v) is 16.6. The molecule has 0 radical (unpaired) electrons. The van der Waals surface area contributed by atoms with Gasteiger partial charge in [0, 0.05) is 13.0 Å². The SMILES string of the molecule is CC/C=C\C/C=C\C/C=C\C/C=C\C/C=C\C/C=C\CCCCCCCCCOCC(COC1OC(COC2OC(CO)C(O)C(O)C2O)C(O)C(O)C1O)OC(=O)CCCCCC. The Labute approximate surface area is 383 Å². The van der Waals surface area contributed by atoms with Crippen LogP contribution >= 0.6 is 0 Å². The molecule has 0 bridgehead atoms. The van der Waals surface area contributed by atoms with Gasteiger partial charge in [-0.1, -0.05) is 138 Å². The molecule has 2 heterocycles. The largest absolute Gasteiger partial charge is 0.457 e. The summed E-state index contributed by atoms with van der Waals surface area (Å²) in [6, 6.07) is 0. The summed E-state index contributed by atoms with van der Waals surface area (Å²) in [6.45, 7) is 3.38. The van der Waals surface area contributed by atoms with Gasteiger partial charge in [0.05, 0.1) is 26.4 Å². The summed E-state index contributed by atoms with van der Waals surface area (Å²) in [4.78, 5) is 12.7. The van der Waals surface area contributed by atoms with Crippen LogP contribution in [0.3, 0.4) is 0 Å². The Morgan fingerprint density at radius 3 is 1.58 bits per heavy atom. The zero-order chi connectivity index (χ0) is 46.6. The maximum absolute atomic E-state index is 12.7. The molecule has 14 nitrogen and oxygen atoms in total. The van der Waals surface area contributed by atoms with Crippen LogP contribution in [0, 0.1) is 0 Å². The predicted octanol–water partition coefficient (Wildman–Crippen LogP) is 6.34. The van der Waals surface area contributed by atoms with Gasteiger partial charge < -0.3 is 64.2 Å². The van der Waals surface area contributed by atoms with Crippen LogP contribution in [0.15, 0.2) is 72.9 Å². The average Bonchev–Trinajstić information content (AvgIpc) is 3.29. The van der Waals surface area contributed by atoms with E-state index in [9.17, 15) is 40.5 Å². The van der Waals surface area contributed by atoms with Gasteiger partial charge in [-0.25, -0.2) is 0 Å². The smallest absolute Gasteiger partial charge is 0.306 e. The van der Waals surface area contributed by atoms with E-state index in [-0.39, 0.29) is 19.6 Å². The highest BCUT2D eigenvalue weighted by Gasteiger charge is 2.47. The van der Waals surface area contributed by atoms with E-state index in [2.05, 4.69) is 86.8 Å². The molecule has 0 aromatic heterocycles. The second-order valence-electron chi connectivity index (χ2n) is 16.6. The molecule has 2 aliphatic heterocycles. The van der Waals surface area contributed by atoms with E-state index in [1.54, 1.807) is 0 Å². The Morgan fingerprint density at radius 2 is 1.02 bits per heavy atom. The lowest BCUT2D eigenvalue weighted by atomic mass is 9.98. The van der Waals surface area contributed by atoms with Gasteiger partial charge in [-0.2, -0.15) is 0 Å². The number of allylic oxidation sites excluding steroid dienone is 12. The summed E-state index contributed by atoms with van der Waals surface area (Å²) < 4.78 is 33.9. The molecular formula is C50H84O14. The van der Waals surface area contributed by atoms with Crippen LogP contribution < -0.4 is 0 Å². The fourth-order valence-corrected chi connectivity index (χ4v) is 7.05. The summed E-state index contributed by atoms with van der Waals surface area (Å²) in [5, 5.41) is 71.7. The first-order valence-electron chi connectivity index (χ1n) is 24.0. The molecule has 7 N–H and O–H groups in total. The van der Waals surface area contributed by atoms with Crippen molar-refractivity contribution in [2.75, 3.05) is 33.0 Å². The molecule has 0 amide bonds. The van der Waals surface area contributed by atoms with Gasteiger partial charge in [0.15, 0.2) is 12.6 Å². The van der Waals surface area contributed by atoms with Crippen molar-refractivity contribution < 1.29 is 69.0 Å². The normalized spacial score (nSPS) is 27.4. The van der Waals surface area contributed by atoms with E-state index < -0.39 is 86.7 Å². The first kappa shape index (κ1) is 57.6. The van der Waals surface area contributed by atoms with Crippen molar-refractivity contribution in [2.45, 2.75) is 203 Å². The number of aliphatic hydroxyl groups is 7. The van der Waals surface area contributed by atoms with Crippen LogP contribution in [0.5, 0.6) is 0 Å². The van der Waals surface area contributed by atoms with Crippen LogP contribution in [0.25, 0.3) is 0 Å². The number of hydrogen-bond acceptors (Lipinski definition) is 14. The molecule has 0 saturated carbocycles. The summed E-state index contributed by atoms with van der Waals surface area (Å²) in [5.41, 5.74) is 0. The number of hydrogen-bond donors (Lipinski definition) is 7. The van der Waals surface area contributed by atoms with Crippen LogP contribution in [-0.2, 0) is 33.2 Å². The molecule has 2 rings (SSSR count). The average molecular weight is 909 g/mol. The van der Waals surface area contributed by atoms with E-state index in [0.717, 1.165) is 89.9 Å². The minimum Gasteiger partial charge on any atom is -0.457 e. The maximum Gasteiger partial charge on any atom is 0.306 e. The standard InChI is InChI=1S/C50H84O14/c1-3-5-7-9-10-11-12-13-14-15-16-17-18-19-20-21-22-23-24-25-26-27-28-29-30-32-34-59-36-39(62-42(52)33-31-8-6-4-2)37-60-49-48(58)46(56)44(54)41(64-49)38-61-50-47(57)45(55)43(53)40(35-51)63-50/h5,7,10-11,13-14,16-17,19-20,22-23,39-41,43-51,53-58H,3-4,6,8-9,12,15,18,21,24-38H2,1-2H3/b7-5-,11-10-,14-13-,17-16-,20-19-,23-22-. The van der Waals surface area contributed by atoms with Gasteiger partial charge in [-0.3, -0.25) is 4.79 Å². The Kier molecular flexibility index (Phi) is 33.7. The zero-order valence-corrected chi connectivity index (χ0v) is 38.7. The van der Waals surface area contributed by atoms with Crippen molar-refractivity contribution >= 4 is 5.97 Å². The van der Waals surface area contributed by atoms with Crippen LogP contribution in [0.2, 0.25) is 0 Å². The summed E-state index contributed by atoms with van der Waals surface area (Å²) in [7, 11) is 0. The van der Waals surface area contributed by atoms with Crippen molar-refractivity contribution in [3.63, 3.8) is 0 Å². The number of ether oxygens (including phenoxy) is 6. The number of unbranched alkanes of at least 4 members (excludes halogenated alkanes) is 10. The highest BCUT2D eigenvalue weighted by molar-refractivity contribution is 5.69. The van der Waals surface area contributed by atoms with Crippen LogP contribution in [0.1, 0.15) is 136 Å². The molecule has 14 heteroatoms. The lowest BCUT2D eigenvalue weighted by Crippen LogP contribution is -2.61. The van der Waals surface area contributed by atoms with Gasteiger partial charge in [-0.15, -0.1) is 0 Å². The quantitative estimate of drug-likeness (QED) is 0.0208. The molecule has 0 aromatic rings. The van der Waals surface area contributed by atoms with Crippen molar-refractivity contribution in [1.29, 1.82) is 0 Å². The van der Waals surface area contributed by atoms with Crippen molar-refractivity contribution in [2.24, 2.45) is 0 Å².